The van der Waals surface area contributed by atoms with Gasteiger partial charge in [0.2, 0.25) is 5.91 Å². The average Bonchev–Trinajstić information content (AvgIpc) is 3.18. The molecule has 0 unspecified atom stereocenters. The van der Waals surface area contributed by atoms with E-state index in [1.54, 1.807) is 13.3 Å². The summed E-state index contributed by atoms with van der Waals surface area (Å²) in [4.78, 5) is 21.2. The number of aromatic amines is 1. The minimum atomic E-state index is 0.104. The largest absolute Gasteiger partial charge is 0.497 e. The molecule has 3 heterocycles. The van der Waals surface area contributed by atoms with Crippen LogP contribution in [0.15, 0.2) is 42.6 Å². The molecule has 2 aromatic heterocycles. The van der Waals surface area contributed by atoms with Gasteiger partial charge in [0, 0.05) is 50.9 Å². The number of nitrogens with zero attached hydrogens (tertiary/aromatic N) is 5. The molecule has 1 aliphatic rings. The highest BCUT2D eigenvalue weighted by molar-refractivity contribution is 7.71. The first-order chi connectivity index (χ1) is 15.0. The van der Waals surface area contributed by atoms with Gasteiger partial charge in [0.05, 0.1) is 12.1 Å². The number of carbonyl (C=O) groups is 1. The van der Waals surface area contributed by atoms with E-state index in [2.05, 4.69) is 20.1 Å². The average molecular weight is 459 g/mol. The lowest BCUT2D eigenvalue weighted by Gasteiger charge is -2.35. The van der Waals surface area contributed by atoms with Crippen molar-refractivity contribution in [1.29, 1.82) is 0 Å². The van der Waals surface area contributed by atoms with Crippen LogP contribution in [-0.4, -0.2) is 63.8 Å². The molecule has 3 aromatic rings. The van der Waals surface area contributed by atoms with Crippen LogP contribution in [0.1, 0.15) is 6.42 Å². The van der Waals surface area contributed by atoms with Crippen molar-refractivity contribution in [2.45, 2.75) is 13.0 Å². The number of amides is 1. The molecule has 0 radical (unpaired) electrons. The van der Waals surface area contributed by atoms with E-state index in [0.29, 0.717) is 41.7 Å². The highest BCUT2D eigenvalue weighted by Gasteiger charge is 2.22. The van der Waals surface area contributed by atoms with E-state index in [-0.39, 0.29) is 5.91 Å². The van der Waals surface area contributed by atoms with Crippen molar-refractivity contribution in [3.63, 3.8) is 0 Å². The molecule has 31 heavy (non-hydrogen) atoms. The molecule has 0 saturated carbocycles. The topological polar surface area (TPSA) is 79.3 Å². The third-order valence-electron chi connectivity index (χ3n) is 5.32. The maximum Gasteiger partial charge on any atom is 0.224 e. The summed E-state index contributed by atoms with van der Waals surface area (Å²) in [5.41, 5.74) is 0.907. The molecular formula is C21H23ClN6O2S. The van der Waals surface area contributed by atoms with Gasteiger partial charge < -0.3 is 14.5 Å². The lowest BCUT2D eigenvalue weighted by atomic mass is 10.2. The Morgan fingerprint density at radius 3 is 2.55 bits per heavy atom. The van der Waals surface area contributed by atoms with E-state index in [1.807, 2.05) is 45.9 Å². The molecule has 0 spiro atoms. The van der Waals surface area contributed by atoms with Crippen LogP contribution in [-0.2, 0) is 11.3 Å². The number of rotatable bonds is 6. The van der Waals surface area contributed by atoms with Gasteiger partial charge in [-0.2, -0.15) is 5.10 Å². The second-order valence-electron chi connectivity index (χ2n) is 7.18. The van der Waals surface area contributed by atoms with Crippen LogP contribution >= 0.6 is 23.8 Å². The Bertz CT molecular complexity index is 1090. The Kier molecular flexibility index (Phi) is 6.53. The highest BCUT2D eigenvalue weighted by Crippen LogP contribution is 2.21. The summed E-state index contributed by atoms with van der Waals surface area (Å²) in [5.74, 6) is 2.46. The smallest absolute Gasteiger partial charge is 0.224 e. The summed E-state index contributed by atoms with van der Waals surface area (Å²) >= 11 is 11.3. The number of carbonyl (C=O) groups excluding carboxylic acids is 1. The Hall–Kier alpha value is -2.91. The lowest BCUT2D eigenvalue weighted by molar-refractivity contribution is -0.131. The zero-order chi connectivity index (χ0) is 21.8. The Labute approximate surface area is 190 Å². The Morgan fingerprint density at radius 2 is 1.90 bits per heavy atom. The number of piperazine rings is 1. The number of hydrogen-bond donors (Lipinski definition) is 1. The molecule has 1 N–H and O–H groups in total. The SMILES string of the molecule is COc1ccc(-c2n[nH]c(=S)n2CCC(=O)N2CCN(c3ccc(Cl)cn3)CC2)cc1. The summed E-state index contributed by atoms with van der Waals surface area (Å²) in [5, 5.41) is 7.79. The molecule has 1 amide bonds. The number of hydrogen-bond acceptors (Lipinski definition) is 6. The van der Waals surface area contributed by atoms with E-state index in [9.17, 15) is 4.79 Å². The van der Waals surface area contributed by atoms with E-state index in [0.717, 1.165) is 30.2 Å². The van der Waals surface area contributed by atoms with E-state index < -0.39 is 0 Å². The van der Waals surface area contributed by atoms with Crippen molar-refractivity contribution < 1.29 is 9.53 Å². The normalized spacial score (nSPS) is 14.0. The third kappa shape index (κ3) is 4.88. The van der Waals surface area contributed by atoms with Crippen molar-refractivity contribution in [1.82, 2.24) is 24.6 Å². The highest BCUT2D eigenvalue weighted by atomic mass is 35.5. The number of aromatic nitrogens is 4. The van der Waals surface area contributed by atoms with Crippen LogP contribution in [0.25, 0.3) is 11.4 Å². The summed E-state index contributed by atoms with van der Waals surface area (Å²) in [7, 11) is 1.63. The van der Waals surface area contributed by atoms with E-state index >= 15 is 0 Å². The fraction of sp³-hybridized carbons (Fsp3) is 0.333. The number of benzene rings is 1. The van der Waals surface area contributed by atoms with Crippen LogP contribution < -0.4 is 9.64 Å². The first kappa shape index (κ1) is 21.3. The minimum absolute atomic E-state index is 0.104. The van der Waals surface area contributed by atoms with Crippen molar-refractivity contribution in [2.75, 3.05) is 38.2 Å². The number of ether oxygens (including phenoxy) is 1. The van der Waals surface area contributed by atoms with Gasteiger partial charge in [-0.15, -0.1) is 0 Å². The number of nitrogens with one attached hydrogen (secondary N) is 1. The maximum atomic E-state index is 12.8. The third-order valence-corrected chi connectivity index (χ3v) is 5.86. The summed E-state index contributed by atoms with van der Waals surface area (Å²) in [6.45, 7) is 3.26. The predicted molar refractivity (Wildman–Crippen MR) is 122 cm³/mol. The van der Waals surface area contributed by atoms with Crippen molar-refractivity contribution in [2.24, 2.45) is 0 Å². The van der Waals surface area contributed by atoms with Gasteiger partial charge in [-0.1, -0.05) is 11.6 Å². The fourth-order valence-corrected chi connectivity index (χ4v) is 3.93. The molecular weight excluding hydrogens is 436 g/mol. The van der Waals surface area contributed by atoms with Crippen LogP contribution in [0, 0.1) is 4.77 Å². The zero-order valence-corrected chi connectivity index (χ0v) is 18.7. The summed E-state index contributed by atoms with van der Waals surface area (Å²) in [6, 6.07) is 11.3. The molecule has 4 rings (SSSR count). The first-order valence-corrected chi connectivity index (χ1v) is 10.8. The number of pyridine rings is 1. The van der Waals surface area contributed by atoms with Crippen LogP contribution in [0.5, 0.6) is 5.75 Å². The number of anilines is 1. The molecule has 1 aliphatic heterocycles. The lowest BCUT2D eigenvalue weighted by Crippen LogP contribution is -2.49. The molecule has 1 fully saturated rings. The Balaban J connectivity index is 1.36. The predicted octanol–water partition coefficient (Wildman–Crippen LogP) is 3.40. The summed E-state index contributed by atoms with van der Waals surface area (Å²) in [6.07, 6.45) is 2.00. The van der Waals surface area contributed by atoms with Crippen molar-refractivity contribution >= 4 is 35.5 Å². The molecule has 10 heteroatoms. The number of methoxy groups -OCH3 is 1. The van der Waals surface area contributed by atoms with Crippen LogP contribution in [0.2, 0.25) is 5.02 Å². The second kappa shape index (κ2) is 9.49. The molecule has 162 valence electrons. The molecule has 8 nitrogen and oxygen atoms in total. The number of H-pyrrole nitrogens is 1. The standard InChI is InChI=1S/C21H23ClN6O2S/c1-30-17-5-2-15(3-6-17)20-24-25-21(31)28(20)9-8-19(29)27-12-10-26(11-13-27)18-7-4-16(22)14-23-18/h2-7,14H,8-13H2,1H3,(H,25,31). The molecule has 0 bridgehead atoms. The van der Waals surface area contributed by atoms with E-state index in [4.69, 9.17) is 28.6 Å². The second-order valence-corrected chi connectivity index (χ2v) is 8.01. The van der Waals surface area contributed by atoms with Crippen LogP contribution in [0.3, 0.4) is 0 Å². The van der Waals surface area contributed by atoms with Gasteiger partial charge in [-0.05, 0) is 48.6 Å². The minimum Gasteiger partial charge on any atom is -0.497 e. The summed E-state index contributed by atoms with van der Waals surface area (Å²) < 4.78 is 7.57. The van der Waals surface area contributed by atoms with Gasteiger partial charge in [-0.25, -0.2) is 4.98 Å². The van der Waals surface area contributed by atoms with Crippen molar-refractivity contribution in [3.05, 3.63) is 52.4 Å². The van der Waals surface area contributed by atoms with Gasteiger partial charge >= 0.3 is 0 Å². The number of halogens is 1. The fourth-order valence-electron chi connectivity index (χ4n) is 3.59. The van der Waals surface area contributed by atoms with Gasteiger partial charge in [0.1, 0.15) is 11.6 Å². The van der Waals surface area contributed by atoms with Gasteiger partial charge in [-0.3, -0.25) is 14.5 Å². The molecule has 0 aliphatic carbocycles. The van der Waals surface area contributed by atoms with Crippen LogP contribution in [0.4, 0.5) is 5.82 Å². The zero-order valence-electron chi connectivity index (χ0n) is 17.1. The molecule has 1 aromatic carbocycles. The first-order valence-electron chi connectivity index (χ1n) is 9.99. The Morgan fingerprint density at radius 1 is 1.16 bits per heavy atom. The van der Waals surface area contributed by atoms with Gasteiger partial charge in [0.25, 0.3) is 0 Å². The quantitative estimate of drug-likeness (QED) is 0.570. The monoisotopic (exact) mass is 458 g/mol. The van der Waals surface area contributed by atoms with E-state index in [1.165, 1.54) is 0 Å². The molecule has 1 saturated heterocycles. The van der Waals surface area contributed by atoms with Gasteiger partial charge in [0.15, 0.2) is 10.6 Å². The maximum absolute atomic E-state index is 12.8. The molecule has 0 atom stereocenters. The van der Waals surface area contributed by atoms with Crippen molar-refractivity contribution in [3.8, 4) is 17.1 Å².